The van der Waals surface area contributed by atoms with Crippen molar-refractivity contribution in [2.24, 2.45) is 0 Å². The van der Waals surface area contributed by atoms with E-state index < -0.39 is 5.41 Å². The van der Waals surface area contributed by atoms with Crippen molar-refractivity contribution in [3.63, 3.8) is 0 Å². The molecule has 0 bridgehead atoms. The van der Waals surface area contributed by atoms with Gasteiger partial charge in [-0.1, -0.05) is 36.4 Å². The summed E-state index contributed by atoms with van der Waals surface area (Å²) < 4.78 is 15.8. The van der Waals surface area contributed by atoms with Gasteiger partial charge in [0.15, 0.2) is 11.5 Å². The summed E-state index contributed by atoms with van der Waals surface area (Å²) in [6.45, 7) is 2.86. The number of fused-ring (bicyclic) bond motifs is 1. The van der Waals surface area contributed by atoms with Gasteiger partial charge in [-0.05, 0) is 71.8 Å². The number of anilines is 1. The lowest BCUT2D eigenvalue weighted by Gasteiger charge is -2.18. The van der Waals surface area contributed by atoms with Crippen LogP contribution < -0.4 is 14.8 Å². The van der Waals surface area contributed by atoms with E-state index in [0.29, 0.717) is 12.3 Å². The van der Waals surface area contributed by atoms with Crippen molar-refractivity contribution < 1.29 is 25.2 Å². The molecular weight excluding hydrogens is 456 g/mol. The van der Waals surface area contributed by atoms with Crippen LogP contribution >= 0.6 is 0 Å². The molecule has 0 atom stereocenters. The van der Waals surface area contributed by atoms with Gasteiger partial charge in [0.25, 0.3) is 0 Å². The second kappa shape index (κ2) is 9.66. The maximum absolute atomic E-state index is 13.4. The van der Waals surface area contributed by atoms with E-state index >= 15 is 0 Å². The molecule has 0 radical (unpaired) electrons. The van der Waals surface area contributed by atoms with Crippen molar-refractivity contribution in [2.45, 2.75) is 31.7 Å². The molecule has 1 aliphatic heterocycles. The Morgan fingerprint density at radius 2 is 1.78 bits per heavy atom. The molecule has 0 spiro atoms. The quantitative estimate of drug-likeness (QED) is 0.488. The number of ether oxygens (including phenoxy) is 3. The maximum Gasteiger partial charge on any atom is 0.248 e. The van der Waals surface area contributed by atoms with Gasteiger partial charge in [-0.25, -0.2) is 0 Å². The molecule has 7 heteroatoms. The summed E-state index contributed by atoms with van der Waals surface area (Å²) >= 11 is 0. The SMILES string of the molecule is COCC(=O)N(C)Cc1ccc(-c2cc(NC(=O)C3(c4ccc5c(c4)OCO5)CC3)ccc2C)cc1.[HH]. The topological polar surface area (TPSA) is 77.1 Å². The fourth-order valence-electron chi connectivity index (χ4n) is 4.61. The Morgan fingerprint density at radius 1 is 1.03 bits per heavy atom. The lowest BCUT2D eigenvalue weighted by Crippen LogP contribution is -2.29. The molecule has 5 rings (SSSR count). The van der Waals surface area contributed by atoms with E-state index in [4.69, 9.17) is 14.2 Å². The van der Waals surface area contributed by atoms with Gasteiger partial charge in [0.2, 0.25) is 18.6 Å². The monoisotopic (exact) mass is 488 g/mol. The molecule has 0 unspecified atom stereocenters. The van der Waals surface area contributed by atoms with Crippen LogP contribution in [0.5, 0.6) is 11.5 Å². The zero-order chi connectivity index (χ0) is 25.3. The number of likely N-dealkylation sites (N-methyl/N-ethyl adjacent to an activating group) is 1. The van der Waals surface area contributed by atoms with Crippen LogP contribution in [0, 0.1) is 6.92 Å². The first-order chi connectivity index (χ1) is 17.4. The molecule has 2 amide bonds. The van der Waals surface area contributed by atoms with E-state index in [1.165, 1.54) is 7.11 Å². The van der Waals surface area contributed by atoms with Gasteiger partial charge in [-0.3, -0.25) is 9.59 Å². The zero-order valence-electron chi connectivity index (χ0n) is 20.8. The van der Waals surface area contributed by atoms with E-state index in [9.17, 15) is 9.59 Å². The molecule has 3 aromatic carbocycles. The third kappa shape index (κ3) is 4.66. The highest BCUT2D eigenvalue weighted by Crippen LogP contribution is 2.51. The fraction of sp³-hybridized carbons (Fsp3) is 0.310. The number of nitrogens with one attached hydrogen (secondary N) is 1. The van der Waals surface area contributed by atoms with Crippen LogP contribution in [-0.4, -0.2) is 44.3 Å². The first-order valence-corrected chi connectivity index (χ1v) is 12.0. The van der Waals surface area contributed by atoms with E-state index in [2.05, 4.69) is 12.2 Å². The van der Waals surface area contributed by atoms with Crippen molar-refractivity contribution in [2.75, 3.05) is 32.9 Å². The fourth-order valence-corrected chi connectivity index (χ4v) is 4.61. The average molecular weight is 489 g/mol. The standard InChI is InChI=1S/C29H30N2O5.H2/c1-19-4-10-23(15-24(19)21-7-5-20(6-8-21)16-31(2)27(32)17-34-3)30-28(33)29(12-13-29)22-9-11-25-26(14-22)36-18-35-25;/h4-11,14-15H,12-13,16-18H2,1-3H3,(H,30,33);1H. The lowest BCUT2D eigenvalue weighted by molar-refractivity contribution is -0.134. The maximum atomic E-state index is 13.4. The van der Waals surface area contributed by atoms with Crippen molar-refractivity contribution in [1.82, 2.24) is 4.90 Å². The minimum atomic E-state index is -0.528. The number of carbonyl (C=O) groups excluding carboxylic acids is 2. The predicted molar refractivity (Wildman–Crippen MR) is 139 cm³/mol. The second-order valence-electron chi connectivity index (χ2n) is 9.51. The van der Waals surface area contributed by atoms with Gasteiger partial charge < -0.3 is 24.4 Å². The summed E-state index contributed by atoms with van der Waals surface area (Å²) in [5.41, 5.74) is 5.45. The number of hydrogen-bond donors (Lipinski definition) is 1. The molecular formula is C29H32N2O5. The van der Waals surface area contributed by atoms with Gasteiger partial charge in [0, 0.05) is 27.8 Å². The smallest absolute Gasteiger partial charge is 0.248 e. The zero-order valence-corrected chi connectivity index (χ0v) is 20.8. The average Bonchev–Trinajstić information content (AvgIpc) is 3.56. The van der Waals surface area contributed by atoms with Crippen LogP contribution in [0.3, 0.4) is 0 Å². The molecule has 1 fully saturated rings. The first kappa shape index (κ1) is 23.9. The summed E-state index contributed by atoms with van der Waals surface area (Å²) in [5.74, 6) is 1.35. The van der Waals surface area contributed by atoms with Gasteiger partial charge in [0.1, 0.15) is 6.61 Å². The summed E-state index contributed by atoms with van der Waals surface area (Å²) in [7, 11) is 3.28. The number of nitrogens with zero attached hydrogens (tertiary/aromatic N) is 1. The number of amides is 2. The van der Waals surface area contributed by atoms with E-state index in [1.54, 1.807) is 11.9 Å². The number of aryl methyl sites for hydroxylation is 1. The van der Waals surface area contributed by atoms with Crippen LogP contribution in [0.25, 0.3) is 11.1 Å². The van der Waals surface area contributed by atoms with Crippen LogP contribution in [0.15, 0.2) is 60.7 Å². The second-order valence-corrected chi connectivity index (χ2v) is 9.51. The van der Waals surface area contributed by atoms with Gasteiger partial charge in [-0.15, -0.1) is 0 Å². The highest BCUT2D eigenvalue weighted by atomic mass is 16.7. The number of carbonyl (C=O) groups is 2. The summed E-state index contributed by atoms with van der Waals surface area (Å²) in [6, 6.07) is 19.9. The van der Waals surface area contributed by atoms with Gasteiger partial charge >= 0.3 is 0 Å². The van der Waals surface area contributed by atoms with Crippen molar-refractivity contribution in [1.29, 1.82) is 0 Å². The van der Waals surface area contributed by atoms with Crippen molar-refractivity contribution >= 4 is 17.5 Å². The summed E-state index contributed by atoms with van der Waals surface area (Å²) in [6.07, 6.45) is 1.61. The Hall–Kier alpha value is -3.84. The third-order valence-electron chi connectivity index (χ3n) is 6.98. The predicted octanol–water partition coefficient (Wildman–Crippen LogP) is 4.91. The Bertz CT molecular complexity index is 1300. The number of benzene rings is 3. The highest BCUT2D eigenvalue weighted by molar-refractivity contribution is 6.02. The molecule has 188 valence electrons. The molecule has 1 aliphatic carbocycles. The van der Waals surface area contributed by atoms with Gasteiger partial charge in [-0.2, -0.15) is 0 Å². The molecule has 1 heterocycles. The van der Waals surface area contributed by atoms with Crippen LogP contribution in [-0.2, 0) is 26.3 Å². The number of rotatable bonds is 8. The molecule has 2 aliphatic rings. The first-order valence-electron chi connectivity index (χ1n) is 12.0. The van der Waals surface area contributed by atoms with Crippen molar-refractivity contribution in [3.05, 3.63) is 77.4 Å². The largest absolute Gasteiger partial charge is 0.454 e. The van der Waals surface area contributed by atoms with Crippen LogP contribution in [0.4, 0.5) is 5.69 Å². The summed E-state index contributed by atoms with van der Waals surface area (Å²) in [4.78, 5) is 27.0. The molecule has 3 aromatic rings. The minimum absolute atomic E-state index is 0. The number of hydrogen-bond acceptors (Lipinski definition) is 5. The molecule has 1 saturated carbocycles. The van der Waals surface area contributed by atoms with Crippen LogP contribution in [0.1, 0.15) is 31.0 Å². The summed E-state index contributed by atoms with van der Waals surface area (Å²) in [5, 5.41) is 3.14. The Kier molecular flexibility index (Phi) is 6.41. The normalized spacial score (nSPS) is 14.9. The Labute approximate surface area is 212 Å². The van der Waals surface area contributed by atoms with Crippen LogP contribution in [0.2, 0.25) is 0 Å². The Morgan fingerprint density at radius 3 is 2.50 bits per heavy atom. The Balaban J connectivity index is 0.00000320. The molecule has 0 aromatic heterocycles. The molecule has 36 heavy (non-hydrogen) atoms. The minimum Gasteiger partial charge on any atom is -0.454 e. The van der Waals surface area contributed by atoms with Crippen molar-refractivity contribution in [3.8, 4) is 22.6 Å². The van der Waals surface area contributed by atoms with E-state index in [1.807, 2.05) is 60.7 Å². The third-order valence-corrected chi connectivity index (χ3v) is 6.98. The lowest BCUT2D eigenvalue weighted by atomic mass is 9.94. The molecule has 1 N–H and O–H groups in total. The molecule has 7 nitrogen and oxygen atoms in total. The van der Waals surface area contributed by atoms with E-state index in [0.717, 1.165) is 52.1 Å². The highest BCUT2D eigenvalue weighted by Gasteiger charge is 2.51. The molecule has 0 saturated heterocycles. The van der Waals surface area contributed by atoms with E-state index in [-0.39, 0.29) is 26.6 Å². The number of methoxy groups -OCH3 is 1. The van der Waals surface area contributed by atoms with Gasteiger partial charge in [0.05, 0.1) is 5.41 Å².